The van der Waals surface area contributed by atoms with Crippen molar-refractivity contribution in [3.05, 3.63) is 39.2 Å². The molecular weight excluding hydrogens is 286 g/mol. The van der Waals surface area contributed by atoms with E-state index >= 15 is 0 Å². The summed E-state index contributed by atoms with van der Waals surface area (Å²) in [5.41, 5.74) is 0.864. The van der Waals surface area contributed by atoms with Gasteiger partial charge in [0.05, 0.1) is 13.1 Å². The van der Waals surface area contributed by atoms with Crippen LogP contribution >= 0.6 is 11.6 Å². The van der Waals surface area contributed by atoms with Gasteiger partial charge in [0.15, 0.2) is 5.03 Å². The molecule has 2 rings (SSSR count). The SMILES string of the molecule is COC1CN(C)/C(=N\[N+](=O)[O-])N1Cc1ccc(Cl)nc1. The molecule has 0 aliphatic carbocycles. The molecular formula is C11H14ClN5O3. The van der Waals surface area contributed by atoms with E-state index in [0.717, 1.165) is 5.56 Å². The van der Waals surface area contributed by atoms with Gasteiger partial charge in [-0.3, -0.25) is 0 Å². The van der Waals surface area contributed by atoms with E-state index in [1.54, 1.807) is 36.2 Å². The molecule has 0 saturated carbocycles. The van der Waals surface area contributed by atoms with Gasteiger partial charge in [-0.25, -0.2) is 15.1 Å². The zero-order chi connectivity index (χ0) is 14.7. The van der Waals surface area contributed by atoms with Crippen molar-refractivity contribution in [2.45, 2.75) is 12.8 Å². The third-order valence-electron chi connectivity index (χ3n) is 2.96. The summed E-state index contributed by atoms with van der Waals surface area (Å²) >= 11 is 5.73. The highest BCUT2D eigenvalue weighted by Gasteiger charge is 2.35. The average Bonchev–Trinajstić information content (AvgIpc) is 2.69. The molecule has 2 heterocycles. The maximum atomic E-state index is 10.6. The van der Waals surface area contributed by atoms with Crippen LogP contribution in [-0.4, -0.2) is 52.7 Å². The topological polar surface area (TPSA) is 84.1 Å². The molecule has 1 fully saturated rings. The number of hydrazone groups is 1. The number of nitro groups is 1. The Morgan fingerprint density at radius 2 is 2.40 bits per heavy atom. The first-order chi connectivity index (χ1) is 9.51. The Morgan fingerprint density at radius 1 is 1.65 bits per heavy atom. The number of aromatic nitrogens is 1. The molecule has 0 N–H and O–H groups in total. The fourth-order valence-electron chi connectivity index (χ4n) is 2.04. The number of nitrogens with zero attached hydrogens (tertiary/aromatic N) is 5. The van der Waals surface area contributed by atoms with Crippen molar-refractivity contribution < 1.29 is 9.77 Å². The Balaban J connectivity index is 2.24. The second-order valence-electron chi connectivity index (χ2n) is 4.33. The Labute approximate surface area is 120 Å². The van der Waals surface area contributed by atoms with E-state index in [2.05, 4.69) is 10.1 Å². The van der Waals surface area contributed by atoms with Crippen LogP contribution in [0, 0.1) is 10.1 Å². The highest BCUT2D eigenvalue weighted by Crippen LogP contribution is 2.19. The van der Waals surface area contributed by atoms with Crippen molar-refractivity contribution in [3.63, 3.8) is 0 Å². The highest BCUT2D eigenvalue weighted by molar-refractivity contribution is 6.29. The van der Waals surface area contributed by atoms with Crippen LogP contribution in [0.4, 0.5) is 0 Å². The molecule has 1 aromatic heterocycles. The molecule has 0 bridgehead atoms. The molecule has 0 radical (unpaired) electrons. The van der Waals surface area contributed by atoms with Gasteiger partial charge in [0.2, 0.25) is 0 Å². The van der Waals surface area contributed by atoms with Crippen LogP contribution in [0.15, 0.2) is 23.4 Å². The van der Waals surface area contributed by atoms with E-state index in [0.29, 0.717) is 18.2 Å². The second-order valence-corrected chi connectivity index (χ2v) is 4.71. The lowest BCUT2D eigenvalue weighted by atomic mass is 10.2. The zero-order valence-corrected chi connectivity index (χ0v) is 11.8. The maximum absolute atomic E-state index is 10.6. The van der Waals surface area contributed by atoms with Gasteiger partial charge < -0.3 is 14.5 Å². The summed E-state index contributed by atoms with van der Waals surface area (Å²) in [5.74, 6) is 0.261. The van der Waals surface area contributed by atoms with Gasteiger partial charge in [-0.15, -0.1) is 0 Å². The Morgan fingerprint density at radius 3 is 2.95 bits per heavy atom. The van der Waals surface area contributed by atoms with Crippen LogP contribution in [0.3, 0.4) is 0 Å². The van der Waals surface area contributed by atoms with Gasteiger partial charge in [0.1, 0.15) is 16.5 Å². The standard InChI is InChI=1S/C11H14ClN5O3/c1-15-7-10(20-2)16(11(15)14-17(18)19)6-8-3-4-9(12)13-5-8/h3-5,10H,6-7H2,1-2H3/b14-11+. The van der Waals surface area contributed by atoms with Gasteiger partial charge in [-0.05, 0) is 11.6 Å². The molecule has 1 aliphatic rings. The molecule has 1 aromatic rings. The van der Waals surface area contributed by atoms with Crippen LogP contribution in [0.25, 0.3) is 0 Å². The Hall–Kier alpha value is -1.93. The lowest BCUT2D eigenvalue weighted by Crippen LogP contribution is -2.36. The second kappa shape index (κ2) is 6.02. The van der Waals surface area contributed by atoms with E-state index in [-0.39, 0.29) is 12.2 Å². The summed E-state index contributed by atoms with van der Waals surface area (Å²) in [6.07, 6.45) is 1.33. The zero-order valence-electron chi connectivity index (χ0n) is 11.1. The van der Waals surface area contributed by atoms with Crippen molar-refractivity contribution in [1.82, 2.24) is 14.8 Å². The van der Waals surface area contributed by atoms with E-state index in [9.17, 15) is 10.1 Å². The monoisotopic (exact) mass is 299 g/mol. The molecule has 8 nitrogen and oxygen atoms in total. The minimum absolute atomic E-state index is 0.261. The number of guanidine groups is 1. The number of likely N-dealkylation sites (N-methyl/N-ethyl adjacent to an activating group) is 1. The molecule has 20 heavy (non-hydrogen) atoms. The van der Waals surface area contributed by atoms with Crippen LogP contribution < -0.4 is 0 Å². The van der Waals surface area contributed by atoms with Crippen molar-refractivity contribution in [2.24, 2.45) is 5.10 Å². The van der Waals surface area contributed by atoms with Crippen LogP contribution in [0.1, 0.15) is 5.56 Å². The van der Waals surface area contributed by atoms with Gasteiger partial charge in [0, 0.05) is 20.4 Å². The number of ether oxygens (including phenoxy) is 1. The van der Waals surface area contributed by atoms with Gasteiger partial charge in [-0.1, -0.05) is 17.7 Å². The molecule has 108 valence electrons. The van der Waals surface area contributed by atoms with Crippen molar-refractivity contribution in [1.29, 1.82) is 0 Å². The minimum atomic E-state index is -0.711. The molecule has 0 aromatic carbocycles. The molecule has 9 heteroatoms. The van der Waals surface area contributed by atoms with Crippen molar-refractivity contribution in [2.75, 3.05) is 20.7 Å². The van der Waals surface area contributed by atoms with Gasteiger partial charge in [-0.2, -0.15) is 0 Å². The predicted octanol–water partition coefficient (Wildman–Crippen LogP) is 1.00. The molecule has 1 aliphatic heterocycles. The van der Waals surface area contributed by atoms with Crippen LogP contribution in [-0.2, 0) is 11.3 Å². The van der Waals surface area contributed by atoms with E-state index in [1.165, 1.54) is 0 Å². The minimum Gasteiger partial charge on any atom is -0.360 e. The molecule has 0 spiro atoms. The average molecular weight is 300 g/mol. The maximum Gasteiger partial charge on any atom is 0.276 e. The lowest BCUT2D eigenvalue weighted by molar-refractivity contribution is -0.486. The largest absolute Gasteiger partial charge is 0.360 e. The van der Waals surface area contributed by atoms with Gasteiger partial charge >= 0.3 is 0 Å². The predicted molar refractivity (Wildman–Crippen MR) is 72.6 cm³/mol. The summed E-state index contributed by atoms with van der Waals surface area (Å²) in [6.45, 7) is 0.907. The quantitative estimate of drug-likeness (QED) is 0.468. The smallest absolute Gasteiger partial charge is 0.276 e. The first kappa shape index (κ1) is 14.5. The van der Waals surface area contributed by atoms with E-state index < -0.39 is 5.03 Å². The summed E-state index contributed by atoms with van der Waals surface area (Å²) in [6, 6.07) is 3.48. The number of hydrogen-bond donors (Lipinski definition) is 0. The normalized spacial score (nSPS) is 20.8. The summed E-state index contributed by atoms with van der Waals surface area (Å²) in [5, 5.41) is 13.7. The molecule has 0 amide bonds. The Bertz CT molecular complexity index is 521. The summed E-state index contributed by atoms with van der Waals surface area (Å²) in [7, 11) is 3.29. The summed E-state index contributed by atoms with van der Waals surface area (Å²) < 4.78 is 5.34. The first-order valence-electron chi connectivity index (χ1n) is 5.85. The lowest BCUT2D eigenvalue weighted by Gasteiger charge is -2.22. The van der Waals surface area contributed by atoms with E-state index in [4.69, 9.17) is 16.3 Å². The van der Waals surface area contributed by atoms with Gasteiger partial charge in [0.25, 0.3) is 5.96 Å². The fourth-order valence-corrected chi connectivity index (χ4v) is 2.15. The van der Waals surface area contributed by atoms with Crippen molar-refractivity contribution in [3.8, 4) is 0 Å². The third kappa shape index (κ3) is 3.14. The van der Waals surface area contributed by atoms with Crippen molar-refractivity contribution >= 4 is 17.6 Å². The van der Waals surface area contributed by atoms with E-state index in [1.807, 2.05) is 6.07 Å². The molecule has 1 atom stereocenters. The molecule has 1 unspecified atom stereocenters. The third-order valence-corrected chi connectivity index (χ3v) is 3.18. The number of rotatable bonds is 4. The van der Waals surface area contributed by atoms with Crippen LogP contribution in [0.5, 0.6) is 0 Å². The fraction of sp³-hybridized carbons (Fsp3) is 0.455. The number of halogens is 1. The number of hydrogen-bond acceptors (Lipinski definition) is 4. The highest BCUT2D eigenvalue weighted by atomic mass is 35.5. The van der Waals surface area contributed by atoms with Crippen LogP contribution in [0.2, 0.25) is 5.15 Å². The number of pyridine rings is 1. The Kier molecular flexibility index (Phi) is 4.35. The summed E-state index contributed by atoms with van der Waals surface area (Å²) in [4.78, 5) is 18.0. The first-order valence-corrected chi connectivity index (χ1v) is 6.23. The number of methoxy groups -OCH3 is 1. The molecule has 1 saturated heterocycles.